The summed E-state index contributed by atoms with van der Waals surface area (Å²) < 4.78 is 10.4. The summed E-state index contributed by atoms with van der Waals surface area (Å²) in [5.41, 5.74) is 9.29. The average Bonchev–Trinajstić information content (AvgIpc) is 2.92. The van der Waals surface area contributed by atoms with Crippen molar-refractivity contribution in [3.63, 3.8) is 0 Å². The number of hydrogen-bond acceptors (Lipinski definition) is 3. The van der Waals surface area contributed by atoms with E-state index in [9.17, 15) is 0 Å². The number of methoxy groups -OCH3 is 2. The molecule has 1 unspecified atom stereocenters. The Labute approximate surface area is 144 Å². The molecule has 2 aliphatic carbocycles. The molecule has 0 aliphatic heterocycles. The highest BCUT2D eigenvalue weighted by atomic mass is 16.5. The number of nitrogens with two attached hydrogens (primary N) is 1. The molecule has 4 nitrogen and oxygen atoms in total. The SMILES string of the molecule is COC1=CCCC(C2=CC=CC(C)=CC2)C=C1/C=C/N=C(N)OC. The van der Waals surface area contributed by atoms with Gasteiger partial charge in [0, 0.05) is 11.8 Å². The Hall–Kier alpha value is -2.49. The molecule has 0 heterocycles. The third kappa shape index (κ3) is 5.01. The predicted octanol–water partition coefficient (Wildman–Crippen LogP) is 4.16. The number of hydrogen-bond donors (Lipinski definition) is 1. The van der Waals surface area contributed by atoms with E-state index in [0.29, 0.717) is 5.92 Å². The van der Waals surface area contributed by atoms with E-state index in [-0.39, 0.29) is 6.02 Å². The molecule has 0 fully saturated rings. The van der Waals surface area contributed by atoms with Crippen LogP contribution in [0, 0.1) is 5.92 Å². The second kappa shape index (κ2) is 8.96. The van der Waals surface area contributed by atoms with E-state index >= 15 is 0 Å². The van der Waals surface area contributed by atoms with Crippen LogP contribution in [-0.4, -0.2) is 20.2 Å². The first-order chi connectivity index (χ1) is 11.6. The van der Waals surface area contributed by atoms with Gasteiger partial charge >= 0.3 is 0 Å². The molecule has 4 heteroatoms. The summed E-state index contributed by atoms with van der Waals surface area (Å²) in [5.74, 6) is 1.25. The van der Waals surface area contributed by atoms with Gasteiger partial charge in [0.2, 0.25) is 0 Å². The number of rotatable bonds is 4. The zero-order chi connectivity index (χ0) is 17.4. The molecule has 0 aromatic heterocycles. The van der Waals surface area contributed by atoms with Gasteiger partial charge in [0.05, 0.1) is 14.2 Å². The molecule has 0 saturated carbocycles. The van der Waals surface area contributed by atoms with Gasteiger partial charge in [-0.15, -0.1) is 0 Å². The van der Waals surface area contributed by atoms with Crippen molar-refractivity contribution in [1.82, 2.24) is 0 Å². The molecule has 0 amide bonds. The minimum absolute atomic E-state index is 0.136. The third-order valence-corrected chi connectivity index (χ3v) is 4.16. The fourth-order valence-electron chi connectivity index (χ4n) is 2.78. The van der Waals surface area contributed by atoms with Crippen molar-refractivity contribution in [3.8, 4) is 0 Å². The monoisotopic (exact) mass is 326 g/mol. The van der Waals surface area contributed by atoms with E-state index in [4.69, 9.17) is 15.2 Å². The predicted molar refractivity (Wildman–Crippen MR) is 99.3 cm³/mol. The summed E-state index contributed by atoms with van der Waals surface area (Å²) in [6, 6.07) is 0.136. The van der Waals surface area contributed by atoms with Crippen molar-refractivity contribution in [2.24, 2.45) is 16.6 Å². The summed E-state index contributed by atoms with van der Waals surface area (Å²) in [6.07, 6.45) is 19.8. The molecule has 0 bridgehead atoms. The average molecular weight is 326 g/mol. The van der Waals surface area contributed by atoms with Crippen LogP contribution in [0.1, 0.15) is 26.2 Å². The van der Waals surface area contributed by atoms with Crippen LogP contribution in [0.25, 0.3) is 0 Å². The molecule has 128 valence electrons. The Bertz CT molecular complexity index is 658. The van der Waals surface area contributed by atoms with Crippen LogP contribution in [0.3, 0.4) is 0 Å². The van der Waals surface area contributed by atoms with E-state index in [1.807, 2.05) is 6.08 Å². The zero-order valence-electron chi connectivity index (χ0n) is 14.7. The van der Waals surface area contributed by atoms with Gasteiger partial charge in [0.25, 0.3) is 6.02 Å². The lowest BCUT2D eigenvalue weighted by atomic mass is 9.90. The summed E-state index contributed by atoms with van der Waals surface area (Å²) in [4.78, 5) is 4.03. The highest BCUT2D eigenvalue weighted by Crippen LogP contribution is 2.31. The lowest BCUT2D eigenvalue weighted by Gasteiger charge is -2.15. The first-order valence-electron chi connectivity index (χ1n) is 8.18. The Morgan fingerprint density at radius 1 is 1.33 bits per heavy atom. The Balaban J connectivity index is 2.26. The van der Waals surface area contributed by atoms with Crippen molar-refractivity contribution in [2.45, 2.75) is 26.2 Å². The van der Waals surface area contributed by atoms with Crippen LogP contribution in [0.4, 0.5) is 0 Å². The number of ether oxygens (including phenoxy) is 2. The smallest absolute Gasteiger partial charge is 0.286 e. The van der Waals surface area contributed by atoms with Crippen LogP contribution in [0.2, 0.25) is 0 Å². The van der Waals surface area contributed by atoms with E-state index in [1.54, 1.807) is 13.3 Å². The molecule has 2 N–H and O–H groups in total. The number of nitrogens with zero attached hydrogens (tertiary/aromatic N) is 1. The second-order valence-electron chi connectivity index (χ2n) is 5.82. The van der Waals surface area contributed by atoms with Crippen LogP contribution >= 0.6 is 0 Å². The van der Waals surface area contributed by atoms with Gasteiger partial charge in [0.15, 0.2) is 0 Å². The van der Waals surface area contributed by atoms with Gasteiger partial charge in [-0.3, -0.25) is 0 Å². The molecule has 24 heavy (non-hydrogen) atoms. The second-order valence-corrected chi connectivity index (χ2v) is 5.82. The topological polar surface area (TPSA) is 56.8 Å². The largest absolute Gasteiger partial charge is 0.496 e. The molecule has 2 rings (SSSR count). The van der Waals surface area contributed by atoms with E-state index in [2.05, 4.69) is 48.4 Å². The van der Waals surface area contributed by atoms with Gasteiger partial charge < -0.3 is 15.2 Å². The first kappa shape index (κ1) is 17.9. The van der Waals surface area contributed by atoms with Crippen LogP contribution < -0.4 is 5.73 Å². The molecule has 1 atom stereocenters. The number of amidine groups is 1. The fourth-order valence-corrected chi connectivity index (χ4v) is 2.78. The lowest BCUT2D eigenvalue weighted by molar-refractivity contribution is 0.301. The van der Waals surface area contributed by atoms with Crippen LogP contribution in [0.5, 0.6) is 0 Å². The molecule has 0 aromatic carbocycles. The fraction of sp³-hybridized carbons (Fsp3) is 0.350. The maximum atomic E-state index is 5.55. The van der Waals surface area contributed by atoms with Gasteiger partial charge in [-0.2, -0.15) is 0 Å². The molecular weight excluding hydrogens is 300 g/mol. The maximum absolute atomic E-state index is 5.55. The van der Waals surface area contributed by atoms with E-state index < -0.39 is 0 Å². The Morgan fingerprint density at radius 2 is 2.17 bits per heavy atom. The van der Waals surface area contributed by atoms with Crippen molar-refractivity contribution in [3.05, 3.63) is 71.2 Å². The molecule has 0 saturated heterocycles. The lowest BCUT2D eigenvalue weighted by Crippen LogP contribution is -2.12. The van der Waals surface area contributed by atoms with Crippen LogP contribution in [-0.2, 0) is 9.47 Å². The summed E-state index contributed by atoms with van der Waals surface area (Å²) in [5, 5.41) is 0. The van der Waals surface area contributed by atoms with Gasteiger partial charge in [-0.25, -0.2) is 4.99 Å². The molecule has 0 spiro atoms. The van der Waals surface area contributed by atoms with Crippen molar-refractivity contribution in [1.29, 1.82) is 0 Å². The number of aliphatic imine (C=N–C) groups is 1. The third-order valence-electron chi connectivity index (χ3n) is 4.16. The van der Waals surface area contributed by atoms with Gasteiger partial charge in [-0.1, -0.05) is 41.5 Å². The van der Waals surface area contributed by atoms with Crippen molar-refractivity contribution < 1.29 is 9.47 Å². The Morgan fingerprint density at radius 3 is 2.92 bits per heavy atom. The maximum Gasteiger partial charge on any atom is 0.286 e. The standard InChI is InChI=1S/C20H26N2O2/c1-15-6-4-7-16(11-10-15)17-8-5-9-19(23-2)18(14-17)12-13-22-20(21)24-3/h4,6-7,9-10,12-14,17H,5,8,11H2,1-3H3,(H2,21,22)/b13-12+. The summed E-state index contributed by atoms with van der Waals surface area (Å²) in [6.45, 7) is 2.13. The van der Waals surface area contributed by atoms with Gasteiger partial charge in [-0.05, 0) is 44.3 Å². The van der Waals surface area contributed by atoms with E-state index in [1.165, 1.54) is 18.3 Å². The molecule has 0 radical (unpaired) electrons. The summed E-state index contributed by atoms with van der Waals surface area (Å²) in [7, 11) is 3.19. The highest BCUT2D eigenvalue weighted by Gasteiger charge is 2.17. The molecule has 2 aliphatic rings. The molecule has 0 aromatic rings. The van der Waals surface area contributed by atoms with E-state index in [0.717, 1.165) is 30.6 Å². The first-order valence-corrected chi connectivity index (χ1v) is 8.18. The summed E-state index contributed by atoms with van der Waals surface area (Å²) >= 11 is 0. The van der Waals surface area contributed by atoms with Gasteiger partial charge in [0.1, 0.15) is 5.76 Å². The van der Waals surface area contributed by atoms with Crippen molar-refractivity contribution >= 4 is 6.02 Å². The quantitative estimate of drug-likeness (QED) is 0.623. The normalized spacial score (nSPS) is 22.1. The van der Waals surface area contributed by atoms with Crippen molar-refractivity contribution in [2.75, 3.05) is 14.2 Å². The minimum Gasteiger partial charge on any atom is -0.496 e. The Kier molecular flexibility index (Phi) is 6.67. The van der Waals surface area contributed by atoms with Crippen LogP contribution in [0.15, 0.2) is 76.2 Å². The minimum atomic E-state index is 0.136. The zero-order valence-corrected chi connectivity index (χ0v) is 14.7. The molecular formula is C20H26N2O2. The highest BCUT2D eigenvalue weighted by molar-refractivity contribution is 5.71. The number of allylic oxidation sites excluding steroid dienone is 9.